The van der Waals surface area contributed by atoms with Gasteiger partial charge in [0.15, 0.2) is 18.4 Å². The molecule has 0 aromatic heterocycles. The molecular weight excluding hydrogens is 267 g/mol. The van der Waals surface area contributed by atoms with Gasteiger partial charge in [0.2, 0.25) is 0 Å². The third-order valence-electron chi connectivity index (χ3n) is 2.59. The van der Waals surface area contributed by atoms with E-state index in [0.29, 0.717) is 12.2 Å². The Morgan fingerprint density at radius 1 is 1.00 bits per heavy atom. The van der Waals surface area contributed by atoms with Gasteiger partial charge in [-0.1, -0.05) is 42.5 Å². The fraction of sp³-hybridized carbons (Fsp3) is 0.200. The van der Waals surface area contributed by atoms with Crippen LogP contribution in [-0.4, -0.2) is 6.79 Å². The van der Waals surface area contributed by atoms with E-state index in [1.807, 2.05) is 30.3 Å². The molecule has 0 spiro atoms. The predicted octanol–water partition coefficient (Wildman–Crippen LogP) is 4.12. The highest BCUT2D eigenvalue weighted by Gasteiger charge is 2.08. The highest BCUT2D eigenvalue weighted by atomic mass is 35.5. The highest BCUT2D eigenvalue weighted by Crippen LogP contribution is 2.24. The first-order valence-electron chi connectivity index (χ1n) is 5.89. The van der Waals surface area contributed by atoms with Crippen LogP contribution in [-0.2, 0) is 17.2 Å². The Bertz CT molecular complexity index is 517. The van der Waals surface area contributed by atoms with Gasteiger partial charge in [0.1, 0.15) is 0 Å². The Morgan fingerprint density at radius 2 is 1.79 bits per heavy atom. The van der Waals surface area contributed by atoms with Crippen LogP contribution in [0.2, 0.25) is 0 Å². The lowest BCUT2D eigenvalue weighted by Gasteiger charge is -2.11. The first kappa shape index (κ1) is 13.8. The largest absolute Gasteiger partial charge is 0.464 e. The average Bonchev–Trinajstić information content (AvgIpc) is 2.46. The summed E-state index contributed by atoms with van der Waals surface area (Å²) in [6.45, 7) is 0.408. The molecule has 0 bridgehead atoms. The third-order valence-corrected chi connectivity index (χ3v) is 2.88. The van der Waals surface area contributed by atoms with E-state index >= 15 is 0 Å². The molecule has 2 aromatic carbocycles. The van der Waals surface area contributed by atoms with Gasteiger partial charge in [0, 0.05) is 5.56 Å². The first-order chi connectivity index (χ1) is 9.31. The zero-order valence-electron chi connectivity index (χ0n) is 10.3. The minimum Gasteiger partial charge on any atom is -0.464 e. The lowest BCUT2D eigenvalue weighted by Crippen LogP contribution is -2.05. The van der Waals surface area contributed by atoms with Crippen LogP contribution in [0, 0.1) is 5.82 Å². The van der Waals surface area contributed by atoms with Gasteiger partial charge in [-0.05, 0) is 11.6 Å². The van der Waals surface area contributed by atoms with E-state index in [0.717, 1.165) is 5.56 Å². The summed E-state index contributed by atoms with van der Waals surface area (Å²) >= 11 is 5.73. The number of rotatable bonds is 6. The van der Waals surface area contributed by atoms with E-state index in [9.17, 15) is 4.39 Å². The van der Waals surface area contributed by atoms with Crippen LogP contribution in [0.3, 0.4) is 0 Å². The molecule has 0 N–H and O–H groups in total. The van der Waals surface area contributed by atoms with Gasteiger partial charge >= 0.3 is 0 Å². The van der Waals surface area contributed by atoms with Crippen molar-refractivity contribution in [3.05, 3.63) is 65.5 Å². The van der Waals surface area contributed by atoms with E-state index in [2.05, 4.69) is 0 Å². The Morgan fingerprint density at radius 3 is 2.53 bits per heavy atom. The van der Waals surface area contributed by atoms with Gasteiger partial charge in [0.05, 0.1) is 12.5 Å². The van der Waals surface area contributed by atoms with Crippen molar-refractivity contribution in [1.29, 1.82) is 0 Å². The molecule has 0 saturated heterocycles. The third kappa shape index (κ3) is 3.94. The average molecular weight is 281 g/mol. The molecule has 2 nitrogen and oxygen atoms in total. The lowest BCUT2D eigenvalue weighted by molar-refractivity contribution is 0.00259. The molecular formula is C15H14ClFO2. The van der Waals surface area contributed by atoms with Crippen LogP contribution in [0.5, 0.6) is 5.75 Å². The summed E-state index contributed by atoms with van der Waals surface area (Å²) in [5, 5.41) is 0. The van der Waals surface area contributed by atoms with Gasteiger partial charge in [0.25, 0.3) is 0 Å². The number of ether oxygens (including phenoxy) is 2. The quantitative estimate of drug-likeness (QED) is 0.450. The smallest absolute Gasteiger partial charge is 0.189 e. The lowest BCUT2D eigenvalue weighted by atomic mass is 10.2. The maximum atomic E-state index is 13.5. The molecule has 0 saturated carbocycles. The maximum absolute atomic E-state index is 13.5. The second-order valence-corrected chi connectivity index (χ2v) is 4.23. The molecule has 0 atom stereocenters. The number of hydrogen-bond donors (Lipinski definition) is 0. The van der Waals surface area contributed by atoms with E-state index in [1.54, 1.807) is 12.1 Å². The van der Waals surface area contributed by atoms with Gasteiger partial charge in [-0.2, -0.15) is 0 Å². The van der Waals surface area contributed by atoms with E-state index in [4.69, 9.17) is 21.1 Å². The fourth-order valence-electron chi connectivity index (χ4n) is 1.65. The van der Waals surface area contributed by atoms with Crippen LogP contribution in [0.4, 0.5) is 4.39 Å². The molecule has 2 rings (SSSR count). The zero-order valence-corrected chi connectivity index (χ0v) is 11.1. The molecule has 0 heterocycles. The highest BCUT2D eigenvalue weighted by molar-refractivity contribution is 6.17. The van der Waals surface area contributed by atoms with Gasteiger partial charge in [-0.15, -0.1) is 11.6 Å². The molecule has 0 amide bonds. The number of para-hydroxylation sites is 1. The summed E-state index contributed by atoms with van der Waals surface area (Å²) in [7, 11) is 0. The molecule has 0 aliphatic rings. The van der Waals surface area contributed by atoms with E-state index < -0.39 is 5.82 Å². The SMILES string of the molecule is Fc1cccc(CCl)c1OCOCc1ccccc1. The molecule has 19 heavy (non-hydrogen) atoms. The Hall–Kier alpha value is -1.58. The van der Waals surface area contributed by atoms with Gasteiger partial charge in [-0.3, -0.25) is 0 Å². The summed E-state index contributed by atoms with van der Waals surface area (Å²) in [4.78, 5) is 0. The Balaban J connectivity index is 1.86. The summed E-state index contributed by atoms with van der Waals surface area (Å²) in [6, 6.07) is 14.4. The summed E-state index contributed by atoms with van der Waals surface area (Å²) in [5.74, 6) is -0.0711. The number of alkyl halides is 1. The van der Waals surface area contributed by atoms with Crippen molar-refractivity contribution in [1.82, 2.24) is 0 Å². The Kier molecular flexibility index (Phi) is 5.19. The number of benzene rings is 2. The number of hydrogen-bond acceptors (Lipinski definition) is 2. The van der Waals surface area contributed by atoms with Gasteiger partial charge in [-0.25, -0.2) is 4.39 Å². The Labute approximate surface area is 116 Å². The van der Waals surface area contributed by atoms with Crippen LogP contribution >= 0.6 is 11.6 Å². The van der Waals surface area contributed by atoms with Gasteiger partial charge < -0.3 is 9.47 Å². The normalized spacial score (nSPS) is 10.4. The second-order valence-electron chi connectivity index (χ2n) is 3.96. The standard InChI is InChI=1S/C15H14ClFO2/c16-9-13-7-4-8-14(17)15(13)19-11-18-10-12-5-2-1-3-6-12/h1-8H,9-11H2. The second kappa shape index (κ2) is 7.12. The van der Waals surface area contributed by atoms with Crippen molar-refractivity contribution >= 4 is 11.6 Å². The summed E-state index contributed by atoms with van der Waals surface area (Å²) in [6.07, 6.45) is 0. The monoisotopic (exact) mass is 280 g/mol. The molecule has 0 aliphatic heterocycles. The molecule has 0 unspecified atom stereocenters. The molecule has 4 heteroatoms. The first-order valence-corrected chi connectivity index (χ1v) is 6.42. The summed E-state index contributed by atoms with van der Waals surface area (Å²) < 4.78 is 24.2. The van der Waals surface area contributed by atoms with Crippen LogP contribution in [0.15, 0.2) is 48.5 Å². The van der Waals surface area contributed by atoms with Crippen molar-refractivity contribution in [2.75, 3.05) is 6.79 Å². The minimum atomic E-state index is -0.429. The zero-order chi connectivity index (χ0) is 13.5. The molecule has 0 radical (unpaired) electrons. The molecule has 0 fully saturated rings. The van der Waals surface area contributed by atoms with Crippen LogP contribution in [0.1, 0.15) is 11.1 Å². The van der Waals surface area contributed by atoms with Crippen LogP contribution in [0.25, 0.3) is 0 Å². The van der Waals surface area contributed by atoms with Crippen molar-refractivity contribution in [3.63, 3.8) is 0 Å². The van der Waals surface area contributed by atoms with Crippen LogP contribution < -0.4 is 4.74 Å². The topological polar surface area (TPSA) is 18.5 Å². The van der Waals surface area contributed by atoms with Crippen molar-refractivity contribution in [3.8, 4) is 5.75 Å². The van der Waals surface area contributed by atoms with Crippen molar-refractivity contribution in [2.45, 2.75) is 12.5 Å². The fourth-order valence-corrected chi connectivity index (χ4v) is 1.87. The van der Waals surface area contributed by atoms with Crippen molar-refractivity contribution in [2.24, 2.45) is 0 Å². The number of halogens is 2. The van der Waals surface area contributed by atoms with E-state index in [-0.39, 0.29) is 18.4 Å². The maximum Gasteiger partial charge on any atom is 0.189 e. The predicted molar refractivity (Wildman–Crippen MR) is 72.7 cm³/mol. The molecule has 100 valence electrons. The molecule has 2 aromatic rings. The van der Waals surface area contributed by atoms with Crippen molar-refractivity contribution < 1.29 is 13.9 Å². The van der Waals surface area contributed by atoms with E-state index in [1.165, 1.54) is 6.07 Å². The minimum absolute atomic E-state index is 0.0142. The molecule has 0 aliphatic carbocycles. The summed E-state index contributed by atoms with van der Waals surface area (Å²) in [5.41, 5.74) is 1.65.